The monoisotopic (exact) mass is 367 g/mol. The van der Waals surface area contributed by atoms with Gasteiger partial charge in [-0.3, -0.25) is 0 Å². The summed E-state index contributed by atoms with van der Waals surface area (Å²) < 4.78 is 5.64. The van der Waals surface area contributed by atoms with Crippen LogP contribution in [0.25, 0.3) is 10.9 Å². The number of aromatic amines is 1. The molecule has 3 rings (SSSR count). The summed E-state index contributed by atoms with van der Waals surface area (Å²) in [5.41, 5.74) is 9.93. The maximum Gasteiger partial charge on any atom is 0.181 e. The first kappa shape index (κ1) is 19.1. The first-order valence-corrected chi connectivity index (χ1v) is 9.50. The Balaban J connectivity index is 1.37. The molecule has 144 valence electrons. The van der Waals surface area contributed by atoms with Gasteiger partial charge in [-0.05, 0) is 69.6 Å². The Kier molecular flexibility index (Phi) is 6.24. The highest BCUT2D eigenvalue weighted by Gasteiger charge is 2.07. The van der Waals surface area contributed by atoms with E-state index >= 15 is 0 Å². The minimum Gasteiger partial charge on any atom is -0.503 e. The molecule has 0 aliphatic rings. The van der Waals surface area contributed by atoms with Crippen molar-refractivity contribution in [1.82, 2.24) is 9.88 Å². The highest BCUT2D eigenvalue weighted by molar-refractivity contribution is 5.83. The van der Waals surface area contributed by atoms with Crippen molar-refractivity contribution in [3.63, 3.8) is 0 Å². The SMILES string of the molecule is Cc1ccc2[nH]cc(CCCCN(C)CCOc3cccc(N)c3O)c2c1. The summed E-state index contributed by atoms with van der Waals surface area (Å²) in [6.07, 6.45) is 5.52. The molecule has 5 nitrogen and oxygen atoms in total. The van der Waals surface area contributed by atoms with Crippen molar-refractivity contribution in [3.8, 4) is 11.5 Å². The normalized spacial score (nSPS) is 11.4. The number of nitrogens with one attached hydrogen (secondary N) is 1. The first-order valence-electron chi connectivity index (χ1n) is 9.50. The van der Waals surface area contributed by atoms with Crippen molar-refractivity contribution in [1.29, 1.82) is 0 Å². The number of benzene rings is 2. The molecular formula is C22H29N3O2. The number of phenolic OH excluding ortho intramolecular Hbond substituents is 1. The number of unbranched alkanes of at least 4 members (excludes halogenated alkanes) is 1. The maximum absolute atomic E-state index is 9.85. The molecule has 1 heterocycles. The molecule has 3 aromatic rings. The fourth-order valence-corrected chi connectivity index (χ4v) is 3.28. The van der Waals surface area contributed by atoms with Crippen LogP contribution < -0.4 is 10.5 Å². The molecule has 0 aliphatic heterocycles. The van der Waals surface area contributed by atoms with Gasteiger partial charge < -0.3 is 25.5 Å². The van der Waals surface area contributed by atoms with E-state index in [9.17, 15) is 5.11 Å². The molecule has 0 saturated carbocycles. The number of rotatable bonds is 9. The summed E-state index contributed by atoms with van der Waals surface area (Å²) in [6.45, 7) is 4.49. The van der Waals surface area contributed by atoms with Gasteiger partial charge in [0.15, 0.2) is 11.5 Å². The number of ether oxygens (including phenoxy) is 1. The zero-order valence-electron chi connectivity index (χ0n) is 16.2. The van der Waals surface area contributed by atoms with Crippen molar-refractivity contribution in [2.45, 2.75) is 26.2 Å². The molecule has 0 radical (unpaired) electrons. The van der Waals surface area contributed by atoms with Crippen LogP contribution in [0.4, 0.5) is 5.69 Å². The predicted octanol–water partition coefficient (Wildman–Crippen LogP) is 4.10. The second-order valence-electron chi connectivity index (χ2n) is 7.17. The number of hydrogen-bond acceptors (Lipinski definition) is 4. The number of aromatic nitrogens is 1. The molecule has 0 aliphatic carbocycles. The van der Waals surface area contributed by atoms with Gasteiger partial charge in [0, 0.05) is 23.6 Å². The quantitative estimate of drug-likeness (QED) is 0.302. The van der Waals surface area contributed by atoms with Crippen LogP contribution in [0, 0.1) is 6.92 Å². The Labute approximate surface area is 160 Å². The van der Waals surface area contributed by atoms with E-state index in [1.807, 2.05) is 0 Å². The molecule has 27 heavy (non-hydrogen) atoms. The maximum atomic E-state index is 9.85. The van der Waals surface area contributed by atoms with E-state index < -0.39 is 0 Å². The Morgan fingerprint density at radius 1 is 1.15 bits per heavy atom. The lowest BCUT2D eigenvalue weighted by Crippen LogP contribution is -2.25. The zero-order valence-corrected chi connectivity index (χ0v) is 16.2. The third-order valence-electron chi connectivity index (χ3n) is 4.92. The van der Waals surface area contributed by atoms with Gasteiger partial charge in [-0.2, -0.15) is 0 Å². The molecule has 2 aromatic carbocycles. The lowest BCUT2D eigenvalue weighted by molar-refractivity contribution is 0.229. The number of anilines is 1. The Hall–Kier alpha value is -2.66. The van der Waals surface area contributed by atoms with Gasteiger partial charge in [0.25, 0.3) is 0 Å². The number of fused-ring (bicyclic) bond motifs is 1. The number of aromatic hydroxyl groups is 1. The highest BCUT2D eigenvalue weighted by Crippen LogP contribution is 2.31. The van der Waals surface area contributed by atoms with Crippen LogP contribution in [0.3, 0.4) is 0 Å². The van der Waals surface area contributed by atoms with Gasteiger partial charge in [0.05, 0.1) is 5.69 Å². The Morgan fingerprint density at radius 3 is 2.85 bits per heavy atom. The molecule has 0 unspecified atom stereocenters. The molecular weight excluding hydrogens is 338 g/mol. The molecule has 4 N–H and O–H groups in total. The van der Waals surface area contributed by atoms with Crippen LogP contribution in [0.2, 0.25) is 0 Å². The highest BCUT2D eigenvalue weighted by atomic mass is 16.5. The van der Waals surface area contributed by atoms with E-state index in [4.69, 9.17) is 10.5 Å². The van der Waals surface area contributed by atoms with E-state index in [1.54, 1.807) is 18.2 Å². The molecule has 5 heteroatoms. The zero-order chi connectivity index (χ0) is 19.2. The molecule has 0 fully saturated rings. The number of nitrogens with zero attached hydrogens (tertiary/aromatic N) is 1. The molecule has 0 saturated heterocycles. The second-order valence-corrected chi connectivity index (χ2v) is 7.17. The van der Waals surface area contributed by atoms with Gasteiger partial charge in [0.1, 0.15) is 6.61 Å². The summed E-state index contributed by atoms with van der Waals surface area (Å²) in [7, 11) is 2.09. The second kappa shape index (κ2) is 8.82. The lowest BCUT2D eigenvalue weighted by atomic mass is 10.1. The van der Waals surface area contributed by atoms with E-state index in [-0.39, 0.29) is 5.75 Å². The number of para-hydroxylation sites is 1. The third kappa shape index (κ3) is 4.95. The number of likely N-dealkylation sites (N-methyl/N-ethyl adjacent to an activating group) is 1. The van der Waals surface area contributed by atoms with E-state index in [0.29, 0.717) is 18.0 Å². The van der Waals surface area contributed by atoms with Gasteiger partial charge in [0.2, 0.25) is 0 Å². The third-order valence-corrected chi connectivity index (χ3v) is 4.92. The van der Waals surface area contributed by atoms with Crippen molar-refractivity contribution in [2.24, 2.45) is 0 Å². The largest absolute Gasteiger partial charge is 0.503 e. The van der Waals surface area contributed by atoms with Crippen LogP contribution in [0.15, 0.2) is 42.6 Å². The van der Waals surface area contributed by atoms with Crippen molar-refractivity contribution < 1.29 is 9.84 Å². The van der Waals surface area contributed by atoms with Crippen molar-refractivity contribution >= 4 is 16.6 Å². The fourth-order valence-electron chi connectivity index (χ4n) is 3.28. The average Bonchev–Trinajstić information content (AvgIpc) is 3.04. The smallest absolute Gasteiger partial charge is 0.181 e. The molecule has 1 aromatic heterocycles. The first-order chi connectivity index (χ1) is 13.0. The molecule has 0 spiro atoms. The number of nitrogen functional groups attached to an aromatic ring is 1. The molecule has 0 atom stereocenters. The Morgan fingerprint density at radius 2 is 2.00 bits per heavy atom. The van der Waals surface area contributed by atoms with Crippen LogP contribution in [0.5, 0.6) is 11.5 Å². The summed E-state index contributed by atoms with van der Waals surface area (Å²) in [4.78, 5) is 5.61. The number of nitrogens with two attached hydrogens (primary N) is 1. The van der Waals surface area contributed by atoms with E-state index in [0.717, 1.165) is 32.4 Å². The summed E-state index contributed by atoms with van der Waals surface area (Å²) in [5, 5.41) is 11.2. The van der Waals surface area contributed by atoms with Crippen LogP contribution in [0.1, 0.15) is 24.0 Å². The standard InChI is InChI=1S/C22H29N3O2/c1-16-9-10-20-18(14-16)17(15-24-20)6-3-4-11-25(2)12-13-27-21-8-5-7-19(23)22(21)26/h5,7-10,14-15,24,26H,3-4,6,11-13,23H2,1-2H3. The number of H-pyrrole nitrogens is 1. The molecule has 0 amide bonds. The fraction of sp³-hybridized carbons (Fsp3) is 0.364. The number of phenols is 1. The number of aryl methyl sites for hydroxylation is 2. The minimum absolute atomic E-state index is 0.0223. The summed E-state index contributed by atoms with van der Waals surface area (Å²) in [6, 6.07) is 11.7. The van der Waals surface area contributed by atoms with Crippen LogP contribution >= 0.6 is 0 Å². The topological polar surface area (TPSA) is 74.5 Å². The van der Waals surface area contributed by atoms with Gasteiger partial charge in [-0.1, -0.05) is 17.7 Å². The molecule has 0 bridgehead atoms. The lowest BCUT2D eigenvalue weighted by Gasteiger charge is -2.17. The predicted molar refractivity (Wildman–Crippen MR) is 111 cm³/mol. The van der Waals surface area contributed by atoms with Crippen LogP contribution in [-0.4, -0.2) is 41.7 Å². The van der Waals surface area contributed by atoms with E-state index in [2.05, 4.69) is 48.3 Å². The van der Waals surface area contributed by atoms with E-state index in [1.165, 1.54) is 22.0 Å². The van der Waals surface area contributed by atoms with Gasteiger partial charge in [-0.25, -0.2) is 0 Å². The average molecular weight is 367 g/mol. The van der Waals surface area contributed by atoms with Crippen molar-refractivity contribution in [2.75, 3.05) is 32.5 Å². The summed E-state index contributed by atoms with van der Waals surface area (Å²) in [5.74, 6) is 0.465. The van der Waals surface area contributed by atoms with Crippen LogP contribution in [-0.2, 0) is 6.42 Å². The van der Waals surface area contributed by atoms with Gasteiger partial charge >= 0.3 is 0 Å². The van der Waals surface area contributed by atoms with Gasteiger partial charge in [-0.15, -0.1) is 0 Å². The van der Waals surface area contributed by atoms with Crippen molar-refractivity contribution in [3.05, 3.63) is 53.7 Å². The number of hydrogen-bond donors (Lipinski definition) is 3. The minimum atomic E-state index is 0.0223. The summed E-state index contributed by atoms with van der Waals surface area (Å²) >= 11 is 0. The Bertz CT molecular complexity index is 888.